The van der Waals surface area contributed by atoms with E-state index in [1.807, 2.05) is 0 Å². The first kappa shape index (κ1) is 16.0. The summed E-state index contributed by atoms with van der Waals surface area (Å²) in [5.74, 6) is 0.242. The number of methoxy groups -OCH3 is 1. The lowest BCUT2D eigenvalue weighted by atomic mass is 10.0. The first-order valence-electron chi connectivity index (χ1n) is 6.39. The smallest absolute Gasteiger partial charge is 0.243 e. The van der Waals surface area contributed by atoms with Crippen molar-refractivity contribution < 1.29 is 13.2 Å². The van der Waals surface area contributed by atoms with Gasteiger partial charge in [0.2, 0.25) is 10.0 Å². The Morgan fingerprint density at radius 2 is 2.10 bits per heavy atom. The molecule has 0 N–H and O–H groups in total. The standard InChI is InChI=1S/C13H17Cl2NO3S/c1-19-9-10-3-2-6-16(8-10)20(17,18)11-4-5-12(14)13(15)7-11/h4-5,7,10H,2-3,6,8-9H2,1H3. The summed E-state index contributed by atoms with van der Waals surface area (Å²) < 4.78 is 31.8. The molecule has 0 spiro atoms. The number of piperidine rings is 1. The zero-order valence-electron chi connectivity index (χ0n) is 11.2. The fourth-order valence-electron chi connectivity index (χ4n) is 2.40. The van der Waals surface area contributed by atoms with Crippen molar-refractivity contribution in [2.45, 2.75) is 17.7 Å². The monoisotopic (exact) mass is 337 g/mol. The first-order valence-corrected chi connectivity index (χ1v) is 8.59. The molecule has 20 heavy (non-hydrogen) atoms. The van der Waals surface area contributed by atoms with Crippen LogP contribution >= 0.6 is 23.2 Å². The molecule has 1 fully saturated rings. The van der Waals surface area contributed by atoms with E-state index in [-0.39, 0.29) is 15.8 Å². The van der Waals surface area contributed by atoms with Gasteiger partial charge < -0.3 is 4.74 Å². The summed E-state index contributed by atoms with van der Waals surface area (Å²) >= 11 is 11.7. The van der Waals surface area contributed by atoms with Gasteiger partial charge in [-0.15, -0.1) is 0 Å². The molecule has 7 heteroatoms. The van der Waals surface area contributed by atoms with E-state index >= 15 is 0 Å². The summed E-state index contributed by atoms with van der Waals surface area (Å²) in [6.07, 6.45) is 1.83. The fourth-order valence-corrected chi connectivity index (χ4v) is 4.35. The van der Waals surface area contributed by atoms with Crippen molar-refractivity contribution in [1.29, 1.82) is 0 Å². The van der Waals surface area contributed by atoms with Gasteiger partial charge in [-0.3, -0.25) is 0 Å². The van der Waals surface area contributed by atoms with Crippen LogP contribution in [0.3, 0.4) is 0 Å². The Morgan fingerprint density at radius 3 is 2.75 bits per heavy atom. The molecule has 1 atom stereocenters. The Balaban J connectivity index is 2.23. The molecule has 1 unspecified atom stereocenters. The maximum atomic E-state index is 12.6. The molecule has 112 valence electrons. The van der Waals surface area contributed by atoms with Crippen LogP contribution in [0.2, 0.25) is 10.0 Å². The van der Waals surface area contributed by atoms with Crippen LogP contribution in [0.15, 0.2) is 23.1 Å². The topological polar surface area (TPSA) is 46.6 Å². The van der Waals surface area contributed by atoms with Crippen molar-refractivity contribution in [2.24, 2.45) is 5.92 Å². The lowest BCUT2D eigenvalue weighted by molar-refractivity contribution is 0.118. The number of rotatable bonds is 4. The van der Waals surface area contributed by atoms with E-state index in [0.29, 0.717) is 24.7 Å². The molecule has 4 nitrogen and oxygen atoms in total. The Bertz CT molecular complexity index is 575. The second-order valence-corrected chi connectivity index (χ2v) is 7.65. The van der Waals surface area contributed by atoms with E-state index in [1.165, 1.54) is 22.5 Å². The zero-order chi connectivity index (χ0) is 14.8. The van der Waals surface area contributed by atoms with Gasteiger partial charge in [-0.1, -0.05) is 23.2 Å². The highest BCUT2D eigenvalue weighted by Crippen LogP contribution is 2.28. The van der Waals surface area contributed by atoms with E-state index in [0.717, 1.165) is 12.8 Å². The number of hydrogen-bond acceptors (Lipinski definition) is 3. The van der Waals surface area contributed by atoms with Crippen LogP contribution in [0.1, 0.15) is 12.8 Å². The van der Waals surface area contributed by atoms with Gasteiger partial charge in [-0.2, -0.15) is 4.31 Å². The number of hydrogen-bond donors (Lipinski definition) is 0. The van der Waals surface area contributed by atoms with Gasteiger partial charge in [0.15, 0.2) is 0 Å². The molecule has 1 aromatic carbocycles. The second-order valence-electron chi connectivity index (χ2n) is 4.90. The van der Waals surface area contributed by atoms with Gasteiger partial charge in [-0.05, 0) is 37.0 Å². The summed E-state index contributed by atoms with van der Waals surface area (Å²) in [7, 11) is -1.89. The van der Waals surface area contributed by atoms with Crippen molar-refractivity contribution in [3.63, 3.8) is 0 Å². The minimum absolute atomic E-state index is 0.185. The van der Waals surface area contributed by atoms with Crippen molar-refractivity contribution >= 4 is 33.2 Å². The summed E-state index contributed by atoms with van der Waals surface area (Å²) in [6.45, 7) is 1.59. The minimum Gasteiger partial charge on any atom is -0.384 e. The molecule has 1 heterocycles. The maximum absolute atomic E-state index is 12.6. The molecule has 0 amide bonds. The number of ether oxygens (including phenoxy) is 1. The van der Waals surface area contributed by atoms with E-state index in [9.17, 15) is 8.42 Å². The van der Waals surface area contributed by atoms with E-state index in [2.05, 4.69) is 0 Å². The summed E-state index contributed by atoms with van der Waals surface area (Å²) in [5.41, 5.74) is 0. The quantitative estimate of drug-likeness (QED) is 0.848. The zero-order valence-corrected chi connectivity index (χ0v) is 13.5. The van der Waals surface area contributed by atoms with Gasteiger partial charge in [0.1, 0.15) is 0 Å². The maximum Gasteiger partial charge on any atom is 0.243 e. The highest BCUT2D eigenvalue weighted by atomic mass is 35.5. The molecule has 0 radical (unpaired) electrons. The molecule has 0 saturated carbocycles. The van der Waals surface area contributed by atoms with Crippen LogP contribution in [-0.4, -0.2) is 39.5 Å². The van der Waals surface area contributed by atoms with E-state index in [1.54, 1.807) is 7.11 Å². The molecule has 1 aromatic rings. The third-order valence-electron chi connectivity index (χ3n) is 3.41. The predicted molar refractivity (Wildman–Crippen MR) is 79.8 cm³/mol. The summed E-state index contributed by atoms with van der Waals surface area (Å²) in [4.78, 5) is 0.185. The lowest BCUT2D eigenvalue weighted by Crippen LogP contribution is -2.41. The number of halogens is 2. The van der Waals surface area contributed by atoms with Gasteiger partial charge in [0, 0.05) is 20.2 Å². The Morgan fingerprint density at radius 1 is 1.35 bits per heavy atom. The van der Waals surface area contributed by atoms with E-state index in [4.69, 9.17) is 27.9 Å². The molecule has 0 aliphatic carbocycles. The Kier molecular flexibility index (Phi) is 5.31. The van der Waals surface area contributed by atoms with Crippen LogP contribution < -0.4 is 0 Å². The third-order valence-corrected chi connectivity index (χ3v) is 6.01. The van der Waals surface area contributed by atoms with Crippen molar-refractivity contribution in [3.05, 3.63) is 28.2 Å². The van der Waals surface area contributed by atoms with Gasteiger partial charge in [-0.25, -0.2) is 8.42 Å². The van der Waals surface area contributed by atoms with Crippen molar-refractivity contribution in [3.8, 4) is 0 Å². The number of benzene rings is 1. The molecule has 2 rings (SSSR count). The van der Waals surface area contributed by atoms with Crippen LogP contribution in [0, 0.1) is 5.92 Å². The van der Waals surface area contributed by atoms with Crippen LogP contribution in [0.4, 0.5) is 0 Å². The molecule has 1 aliphatic heterocycles. The molecule has 0 aromatic heterocycles. The molecular formula is C13H17Cl2NO3S. The van der Waals surface area contributed by atoms with Crippen LogP contribution in [0.5, 0.6) is 0 Å². The average Bonchev–Trinajstić information content (AvgIpc) is 2.42. The molecule has 0 bridgehead atoms. The first-order chi connectivity index (χ1) is 9.45. The predicted octanol–water partition coefficient (Wildman–Crippen LogP) is 3.04. The highest BCUT2D eigenvalue weighted by molar-refractivity contribution is 7.89. The largest absolute Gasteiger partial charge is 0.384 e. The Labute approximate surface area is 129 Å². The average molecular weight is 338 g/mol. The van der Waals surface area contributed by atoms with Gasteiger partial charge in [0.25, 0.3) is 0 Å². The molecule has 1 saturated heterocycles. The minimum atomic E-state index is -3.52. The number of sulfonamides is 1. The van der Waals surface area contributed by atoms with Crippen molar-refractivity contribution in [2.75, 3.05) is 26.8 Å². The molecule has 1 aliphatic rings. The molecular weight excluding hydrogens is 321 g/mol. The lowest BCUT2D eigenvalue weighted by Gasteiger charge is -2.31. The normalized spacial score (nSPS) is 21.1. The Hall–Kier alpha value is -0.330. The van der Waals surface area contributed by atoms with Crippen molar-refractivity contribution in [1.82, 2.24) is 4.31 Å². The van der Waals surface area contributed by atoms with Gasteiger partial charge in [0.05, 0.1) is 21.5 Å². The summed E-state index contributed by atoms with van der Waals surface area (Å²) in [6, 6.07) is 4.40. The van der Waals surface area contributed by atoms with Crippen LogP contribution in [0.25, 0.3) is 0 Å². The fraction of sp³-hybridized carbons (Fsp3) is 0.538. The number of nitrogens with zero attached hydrogens (tertiary/aromatic N) is 1. The highest BCUT2D eigenvalue weighted by Gasteiger charge is 2.30. The van der Waals surface area contributed by atoms with Crippen LogP contribution in [-0.2, 0) is 14.8 Å². The summed E-state index contributed by atoms with van der Waals surface area (Å²) in [5, 5.41) is 0.597. The van der Waals surface area contributed by atoms with Gasteiger partial charge >= 0.3 is 0 Å². The SMILES string of the molecule is COCC1CCCN(S(=O)(=O)c2ccc(Cl)c(Cl)c2)C1. The second kappa shape index (κ2) is 6.62. The van der Waals surface area contributed by atoms with E-state index < -0.39 is 10.0 Å². The third kappa shape index (κ3) is 3.46.